The zero-order valence-electron chi connectivity index (χ0n) is 26.2. The average Bonchev–Trinajstić information content (AvgIpc) is 3.05. The second-order valence-electron chi connectivity index (χ2n) is 11.1. The maximum Gasteiger partial charge on any atom is 0.197 e. The molecule has 5 rings (SSSR count). The molecule has 0 spiro atoms. The number of benzene rings is 5. The van der Waals surface area contributed by atoms with Crippen molar-refractivity contribution in [1.82, 2.24) is 0 Å². The summed E-state index contributed by atoms with van der Waals surface area (Å²) < 4.78 is 29.6. The summed E-state index contributed by atoms with van der Waals surface area (Å²) in [6.45, 7) is 7.09. The molecule has 0 bridgehead atoms. The predicted octanol–water partition coefficient (Wildman–Crippen LogP) is 9.22. The molecule has 0 aromatic heterocycles. The van der Waals surface area contributed by atoms with E-state index in [4.69, 9.17) is 23.7 Å². The Balaban J connectivity index is 1.18. The third-order valence-electron chi connectivity index (χ3n) is 8.26. The van der Waals surface area contributed by atoms with Crippen LogP contribution in [0.3, 0.4) is 0 Å². The van der Waals surface area contributed by atoms with Gasteiger partial charge in [0, 0.05) is 16.2 Å². The molecule has 5 aromatic carbocycles. The highest BCUT2D eigenvalue weighted by atomic mass is 16.7. The summed E-state index contributed by atoms with van der Waals surface area (Å²) in [6.07, 6.45) is 1.65. The van der Waals surface area contributed by atoms with Crippen LogP contribution in [0.4, 0.5) is 0 Å². The summed E-state index contributed by atoms with van der Waals surface area (Å²) in [5.41, 5.74) is 2.54. The van der Waals surface area contributed by atoms with Crippen molar-refractivity contribution in [2.45, 2.75) is 51.7 Å². The molecule has 0 radical (unpaired) electrons. The first-order valence-corrected chi connectivity index (χ1v) is 15.3. The molecule has 3 atom stereocenters. The number of hydrogen-bond acceptors (Lipinski definition) is 6. The van der Waals surface area contributed by atoms with Crippen molar-refractivity contribution in [3.8, 4) is 28.7 Å². The van der Waals surface area contributed by atoms with Gasteiger partial charge in [0.25, 0.3) is 0 Å². The molecule has 0 aliphatic rings. The Labute approximate surface area is 260 Å². The van der Waals surface area contributed by atoms with Crippen molar-refractivity contribution in [3.05, 3.63) is 102 Å². The molecule has 5 aromatic rings. The quantitative estimate of drug-likeness (QED) is 0.0785. The number of phenolic OH excluding ortho intramolecular Hbond substituents is 1. The SMILES string of the molecule is CCC(CC(C)c1ccc(O)cc1)c1ccc(OC(C)OCCOc2c3ccccc3cc3c(OC)c(OC)ccc23)cc1. The zero-order chi connectivity index (χ0) is 31.1. The maximum absolute atomic E-state index is 9.61. The largest absolute Gasteiger partial charge is 0.508 e. The summed E-state index contributed by atoms with van der Waals surface area (Å²) in [5.74, 6) is 4.05. The van der Waals surface area contributed by atoms with E-state index in [0.29, 0.717) is 42.3 Å². The first kappa shape index (κ1) is 31.0. The third kappa shape index (κ3) is 7.03. The number of methoxy groups -OCH3 is 2. The van der Waals surface area contributed by atoms with Crippen molar-refractivity contribution < 1.29 is 28.8 Å². The molecular formula is C38H42O6. The molecule has 44 heavy (non-hydrogen) atoms. The fourth-order valence-corrected chi connectivity index (χ4v) is 5.88. The number of fused-ring (bicyclic) bond motifs is 2. The predicted molar refractivity (Wildman–Crippen MR) is 177 cm³/mol. The lowest BCUT2D eigenvalue weighted by atomic mass is 9.84. The molecule has 0 amide bonds. The molecule has 6 nitrogen and oxygen atoms in total. The van der Waals surface area contributed by atoms with E-state index < -0.39 is 6.29 Å². The number of ether oxygens (including phenoxy) is 5. The highest BCUT2D eigenvalue weighted by Gasteiger charge is 2.17. The van der Waals surface area contributed by atoms with E-state index >= 15 is 0 Å². The minimum atomic E-state index is -0.436. The fraction of sp³-hybridized carbons (Fsp3) is 0.316. The summed E-state index contributed by atoms with van der Waals surface area (Å²) in [4.78, 5) is 0. The van der Waals surface area contributed by atoms with Crippen LogP contribution in [0.2, 0.25) is 0 Å². The van der Waals surface area contributed by atoms with Gasteiger partial charge < -0.3 is 28.8 Å². The molecule has 0 aliphatic heterocycles. The first-order chi connectivity index (χ1) is 21.4. The van der Waals surface area contributed by atoms with Crippen molar-refractivity contribution in [2.75, 3.05) is 27.4 Å². The van der Waals surface area contributed by atoms with Gasteiger partial charge in [-0.25, -0.2) is 0 Å². The van der Waals surface area contributed by atoms with Gasteiger partial charge in [-0.15, -0.1) is 0 Å². The number of aromatic hydroxyl groups is 1. The van der Waals surface area contributed by atoms with Crippen molar-refractivity contribution in [2.24, 2.45) is 0 Å². The van der Waals surface area contributed by atoms with Gasteiger partial charge in [-0.1, -0.05) is 62.4 Å². The van der Waals surface area contributed by atoms with Crippen LogP contribution in [0.1, 0.15) is 56.6 Å². The summed E-state index contributed by atoms with van der Waals surface area (Å²) in [5, 5.41) is 13.6. The van der Waals surface area contributed by atoms with Gasteiger partial charge in [0.05, 0.1) is 20.8 Å². The first-order valence-electron chi connectivity index (χ1n) is 15.3. The second-order valence-corrected chi connectivity index (χ2v) is 11.1. The summed E-state index contributed by atoms with van der Waals surface area (Å²) in [6, 6.07) is 30.0. The summed E-state index contributed by atoms with van der Waals surface area (Å²) >= 11 is 0. The Morgan fingerprint density at radius 1 is 0.705 bits per heavy atom. The topological polar surface area (TPSA) is 66.4 Å². The van der Waals surface area contributed by atoms with Gasteiger partial charge >= 0.3 is 0 Å². The van der Waals surface area contributed by atoms with E-state index in [1.54, 1.807) is 26.4 Å². The van der Waals surface area contributed by atoms with Gasteiger partial charge in [0.15, 0.2) is 17.8 Å². The lowest BCUT2D eigenvalue weighted by molar-refractivity contribution is -0.0737. The Kier molecular flexibility index (Phi) is 10.1. The van der Waals surface area contributed by atoms with E-state index in [1.165, 1.54) is 11.1 Å². The van der Waals surface area contributed by atoms with Gasteiger partial charge in [-0.05, 0) is 90.6 Å². The van der Waals surface area contributed by atoms with Crippen LogP contribution < -0.4 is 18.9 Å². The Morgan fingerprint density at radius 2 is 1.43 bits per heavy atom. The van der Waals surface area contributed by atoms with Crippen LogP contribution in [0.5, 0.6) is 28.7 Å². The molecule has 6 heteroatoms. The monoisotopic (exact) mass is 594 g/mol. The van der Waals surface area contributed by atoms with Crippen LogP contribution in [-0.4, -0.2) is 38.8 Å². The summed E-state index contributed by atoms with van der Waals surface area (Å²) in [7, 11) is 3.29. The normalized spacial score (nSPS) is 13.4. The molecular weight excluding hydrogens is 552 g/mol. The standard InChI is InChI=1S/C38H42O6/c1-6-27(23-25(2)28-11-15-31(39)16-12-28)29-13-17-32(18-14-29)44-26(3)42-21-22-43-37-33-10-8-7-9-30(33)24-35-34(37)19-20-36(40-4)38(35)41-5/h7-20,24-27,39H,6,21-23H2,1-5H3. The number of hydrogen-bond donors (Lipinski definition) is 1. The molecule has 3 unspecified atom stereocenters. The zero-order valence-corrected chi connectivity index (χ0v) is 26.2. The van der Waals surface area contributed by atoms with E-state index in [1.807, 2.05) is 55.5 Å². The van der Waals surface area contributed by atoms with E-state index in [9.17, 15) is 5.11 Å². The Hall–Kier alpha value is -4.42. The minimum Gasteiger partial charge on any atom is -0.508 e. The lowest BCUT2D eigenvalue weighted by Gasteiger charge is -2.21. The molecule has 0 fully saturated rings. The van der Waals surface area contributed by atoms with Crippen LogP contribution in [0.25, 0.3) is 21.5 Å². The van der Waals surface area contributed by atoms with Crippen molar-refractivity contribution >= 4 is 21.5 Å². The smallest absolute Gasteiger partial charge is 0.197 e. The highest BCUT2D eigenvalue weighted by Crippen LogP contribution is 2.43. The highest BCUT2D eigenvalue weighted by molar-refractivity contribution is 6.08. The van der Waals surface area contributed by atoms with E-state index in [-0.39, 0.29) is 0 Å². The van der Waals surface area contributed by atoms with Crippen LogP contribution in [-0.2, 0) is 4.74 Å². The van der Waals surface area contributed by atoms with Gasteiger partial charge in [0.2, 0.25) is 0 Å². The van der Waals surface area contributed by atoms with Gasteiger partial charge in [-0.2, -0.15) is 0 Å². The van der Waals surface area contributed by atoms with Gasteiger partial charge in [0.1, 0.15) is 23.9 Å². The minimum absolute atomic E-state index is 0.301. The van der Waals surface area contributed by atoms with Crippen LogP contribution >= 0.6 is 0 Å². The third-order valence-corrected chi connectivity index (χ3v) is 8.26. The van der Waals surface area contributed by atoms with Crippen molar-refractivity contribution in [1.29, 1.82) is 0 Å². The molecule has 0 saturated carbocycles. The van der Waals surface area contributed by atoms with Crippen molar-refractivity contribution in [3.63, 3.8) is 0 Å². The van der Waals surface area contributed by atoms with Gasteiger partial charge in [-0.3, -0.25) is 0 Å². The molecule has 230 valence electrons. The average molecular weight is 595 g/mol. The maximum atomic E-state index is 9.61. The van der Waals surface area contributed by atoms with Crippen LogP contribution in [0.15, 0.2) is 91.0 Å². The number of phenols is 1. The molecule has 1 N–H and O–H groups in total. The number of rotatable bonds is 14. The molecule has 0 heterocycles. The Bertz CT molecular complexity index is 1660. The molecule has 0 saturated heterocycles. The Morgan fingerprint density at radius 3 is 2.14 bits per heavy atom. The van der Waals surface area contributed by atoms with Crippen LogP contribution in [0, 0.1) is 0 Å². The van der Waals surface area contributed by atoms with E-state index in [2.05, 4.69) is 44.2 Å². The van der Waals surface area contributed by atoms with E-state index in [0.717, 1.165) is 45.9 Å². The molecule has 0 aliphatic carbocycles. The second kappa shape index (κ2) is 14.4. The lowest BCUT2D eigenvalue weighted by Crippen LogP contribution is -2.20. The fourth-order valence-electron chi connectivity index (χ4n) is 5.88.